The lowest BCUT2D eigenvalue weighted by atomic mass is 10.2. The van der Waals surface area contributed by atoms with E-state index in [4.69, 9.17) is 11.6 Å². The number of carbonyl (C=O) groups excluding carboxylic acids is 1. The molecule has 0 atom stereocenters. The average Bonchev–Trinajstić information content (AvgIpc) is 2.59. The fourth-order valence-electron chi connectivity index (χ4n) is 1.35. The van der Waals surface area contributed by atoms with Crippen LogP contribution in [0.5, 0.6) is 11.5 Å². The van der Waals surface area contributed by atoms with Crippen LogP contribution in [0.25, 0.3) is 6.08 Å². The number of benzene rings is 2. The lowest BCUT2D eigenvalue weighted by Crippen LogP contribution is -2.00. The Bertz CT molecular complexity index is 835. The molecule has 2 rings (SSSR count). The molecule has 0 fully saturated rings. The van der Waals surface area contributed by atoms with Crippen molar-refractivity contribution in [2.75, 3.05) is 0 Å². The minimum atomic E-state index is -0.792. The fraction of sp³-hybridized carbons (Fsp3) is 0.0625. The first-order chi connectivity index (χ1) is 11.7. The molecule has 2 aromatic carbocycles. The molecule has 4 nitrogen and oxygen atoms in total. The minimum absolute atomic E-state index is 0.116. The van der Waals surface area contributed by atoms with Gasteiger partial charge in [-0.3, -0.25) is 0 Å². The van der Waals surface area contributed by atoms with Crippen molar-refractivity contribution < 1.29 is 26.6 Å². The Morgan fingerprint density at radius 1 is 1.20 bits per heavy atom. The minimum Gasteiger partial charge on any atom is -0.504 e. The first-order valence-electron chi connectivity index (χ1n) is 8.15. The van der Waals surface area contributed by atoms with Gasteiger partial charge in [0, 0.05) is 6.08 Å². The topological polar surface area (TPSA) is 66.8 Å². The molecule has 0 radical (unpaired) electrons. The molecule has 20 heavy (non-hydrogen) atoms. The third kappa shape index (κ3) is 3.88. The van der Waals surface area contributed by atoms with E-state index < -0.39 is 42.8 Å². The number of phenolic OH excluding ortho intramolecular Hbond substituents is 2. The Kier molecular flexibility index (Phi) is 2.71. The van der Waals surface area contributed by atoms with Gasteiger partial charge in [0.15, 0.2) is 11.5 Å². The summed E-state index contributed by atoms with van der Waals surface area (Å²) >= 11 is 0. The second-order valence-electron chi connectivity index (χ2n) is 3.79. The standard InChI is InChI=1S/C16H14O4/c17-14-8-6-12(10-15(14)18)7-9-16(19)20-11-13-4-2-1-3-5-13/h1-10,17-18H,11H2/i1D,2D,3D,4D,5D. The molecule has 0 aliphatic rings. The molecular weight excluding hydrogens is 256 g/mol. The van der Waals surface area contributed by atoms with E-state index in [9.17, 15) is 15.0 Å². The van der Waals surface area contributed by atoms with E-state index in [-0.39, 0.29) is 17.1 Å². The lowest BCUT2D eigenvalue weighted by Gasteiger charge is -2.02. The highest BCUT2D eigenvalue weighted by molar-refractivity contribution is 5.87. The highest BCUT2D eigenvalue weighted by Gasteiger charge is 2.00. The van der Waals surface area contributed by atoms with Gasteiger partial charge in [0.05, 0.1) is 6.85 Å². The number of rotatable bonds is 4. The molecule has 2 N–H and O–H groups in total. The van der Waals surface area contributed by atoms with Crippen molar-refractivity contribution in [1.29, 1.82) is 0 Å². The second kappa shape index (κ2) is 6.43. The number of hydrogen-bond acceptors (Lipinski definition) is 4. The summed E-state index contributed by atoms with van der Waals surface area (Å²) in [5.74, 6) is -1.42. The van der Waals surface area contributed by atoms with Crippen molar-refractivity contribution in [3.8, 4) is 11.5 Å². The molecule has 0 amide bonds. The summed E-state index contributed by atoms with van der Waals surface area (Å²) in [5, 5.41) is 18.6. The first-order valence-corrected chi connectivity index (χ1v) is 5.65. The predicted molar refractivity (Wildman–Crippen MR) is 75.0 cm³/mol. The lowest BCUT2D eigenvalue weighted by molar-refractivity contribution is -0.138. The van der Waals surface area contributed by atoms with Crippen LogP contribution in [0.3, 0.4) is 0 Å². The van der Waals surface area contributed by atoms with Crippen molar-refractivity contribution in [2.24, 2.45) is 0 Å². The Balaban J connectivity index is 2.10. The number of phenols is 2. The third-order valence-corrected chi connectivity index (χ3v) is 2.32. The number of esters is 1. The normalized spacial score (nSPS) is 14.1. The van der Waals surface area contributed by atoms with Crippen LogP contribution in [0.4, 0.5) is 0 Å². The van der Waals surface area contributed by atoms with E-state index in [0.29, 0.717) is 5.56 Å². The number of aromatic hydroxyl groups is 2. The van der Waals surface area contributed by atoms with Gasteiger partial charge in [-0.05, 0) is 29.3 Å². The van der Waals surface area contributed by atoms with E-state index in [0.717, 1.165) is 6.08 Å². The summed E-state index contributed by atoms with van der Waals surface area (Å²) in [6, 6.07) is 1.61. The van der Waals surface area contributed by atoms with Crippen LogP contribution in [0, 0.1) is 0 Å². The average molecular weight is 275 g/mol. The summed E-state index contributed by atoms with van der Waals surface area (Å²) in [6.07, 6.45) is 2.39. The van der Waals surface area contributed by atoms with E-state index in [1.807, 2.05) is 0 Å². The Hall–Kier alpha value is -2.75. The SMILES string of the molecule is [2H]c1c([2H])c([2H])c(COC(=O)C=Cc2ccc(O)c(O)c2)c([2H])c1[2H]. The zero-order chi connectivity index (χ0) is 18.7. The number of hydrogen-bond donors (Lipinski definition) is 2. The van der Waals surface area contributed by atoms with Crippen LogP contribution in [-0.2, 0) is 16.1 Å². The summed E-state index contributed by atoms with van der Waals surface area (Å²) in [5.41, 5.74) is 0.324. The maximum atomic E-state index is 11.7. The van der Waals surface area contributed by atoms with E-state index >= 15 is 0 Å². The molecule has 0 spiro atoms. The first kappa shape index (κ1) is 8.43. The summed E-state index contributed by atoms with van der Waals surface area (Å²) in [4.78, 5) is 11.7. The number of ether oxygens (including phenoxy) is 1. The highest BCUT2D eigenvalue weighted by Crippen LogP contribution is 2.25. The van der Waals surface area contributed by atoms with E-state index in [2.05, 4.69) is 0 Å². The van der Waals surface area contributed by atoms with Gasteiger partial charge in [-0.15, -0.1) is 0 Å². The molecule has 0 aromatic heterocycles. The molecule has 4 heteroatoms. The molecule has 0 unspecified atom stereocenters. The summed E-state index contributed by atoms with van der Waals surface area (Å²) < 4.78 is 42.9. The Labute approximate surface area is 123 Å². The fourth-order valence-corrected chi connectivity index (χ4v) is 1.35. The quantitative estimate of drug-likeness (QED) is 0.511. The van der Waals surface area contributed by atoms with Crippen LogP contribution in [0.1, 0.15) is 18.0 Å². The molecule has 0 heterocycles. The van der Waals surface area contributed by atoms with Gasteiger partial charge in [-0.2, -0.15) is 0 Å². The van der Waals surface area contributed by atoms with Crippen LogP contribution in [0.15, 0.2) is 54.5 Å². The predicted octanol–water partition coefficient (Wildman–Crippen LogP) is 2.85. The highest BCUT2D eigenvalue weighted by atomic mass is 16.5. The zero-order valence-electron chi connectivity index (χ0n) is 15.3. The van der Waals surface area contributed by atoms with Crippen LogP contribution >= 0.6 is 0 Å². The summed E-state index contributed by atoms with van der Waals surface area (Å²) in [7, 11) is 0. The van der Waals surface area contributed by atoms with Crippen LogP contribution in [-0.4, -0.2) is 16.2 Å². The van der Waals surface area contributed by atoms with Gasteiger partial charge >= 0.3 is 5.97 Å². The van der Waals surface area contributed by atoms with Gasteiger partial charge in [-0.25, -0.2) is 4.79 Å². The van der Waals surface area contributed by atoms with Gasteiger partial charge < -0.3 is 14.9 Å². The van der Waals surface area contributed by atoms with Gasteiger partial charge in [0.25, 0.3) is 0 Å². The van der Waals surface area contributed by atoms with Crippen molar-refractivity contribution in [3.63, 3.8) is 0 Å². The molecular formula is C16H14O4. The van der Waals surface area contributed by atoms with Crippen molar-refractivity contribution in [3.05, 3.63) is 65.6 Å². The molecule has 2 aromatic rings. The molecule has 0 aliphatic heterocycles. The summed E-state index contributed by atoms with van der Waals surface area (Å²) in [6.45, 7) is -0.473. The zero-order valence-corrected chi connectivity index (χ0v) is 10.3. The van der Waals surface area contributed by atoms with E-state index in [1.165, 1.54) is 24.3 Å². The van der Waals surface area contributed by atoms with Crippen LogP contribution < -0.4 is 0 Å². The van der Waals surface area contributed by atoms with Gasteiger partial charge in [-0.1, -0.05) is 36.3 Å². The smallest absolute Gasteiger partial charge is 0.331 e. The molecule has 0 bridgehead atoms. The Morgan fingerprint density at radius 3 is 2.65 bits per heavy atom. The molecule has 0 saturated heterocycles. The third-order valence-electron chi connectivity index (χ3n) is 2.32. The van der Waals surface area contributed by atoms with Crippen molar-refractivity contribution >= 4 is 12.0 Å². The molecule has 0 saturated carbocycles. The second-order valence-corrected chi connectivity index (χ2v) is 3.79. The number of carbonyl (C=O) groups is 1. The monoisotopic (exact) mass is 275 g/mol. The maximum Gasteiger partial charge on any atom is 0.331 e. The van der Waals surface area contributed by atoms with E-state index in [1.54, 1.807) is 0 Å². The molecule has 0 aliphatic carbocycles. The Morgan fingerprint density at radius 2 is 1.95 bits per heavy atom. The van der Waals surface area contributed by atoms with Crippen molar-refractivity contribution in [2.45, 2.75) is 6.61 Å². The molecule has 102 valence electrons. The van der Waals surface area contributed by atoms with Crippen LogP contribution in [0.2, 0.25) is 0 Å². The van der Waals surface area contributed by atoms with Gasteiger partial charge in [0.2, 0.25) is 0 Å². The largest absolute Gasteiger partial charge is 0.504 e. The maximum absolute atomic E-state index is 11.7. The van der Waals surface area contributed by atoms with Crippen molar-refractivity contribution in [1.82, 2.24) is 0 Å². The van der Waals surface area contributed by atoms with Gasteiger partial charge in [0.1, 0.15) is 6.61 Å².